The molecule has 0 aliphatic heterocycles. The van der Waals surface area contributed by atoms with Crippen LogP contribution in [-0.4, -0.2) is 10.1 Å². The lowest BCUT2D eigenvalue weighted by Crippen LogP contribution is -1.99. The number of rotatable bonds is 4. The van der Waals surface area contributed by atoms with Crippen molar-refractivity contribution >= 4 is 22.7 Å². The molecule has 2 aromatic heterocycles. The average molecular weight is 239 g/mol. The van der Waals surface area contributed by atoms with Crippen molar-refractivity contribution in [2.45, 2.75) is 25.9 Å². The highest BCUT2D eigenvalue weighted by Crippen LogP contribution is 2.22. The normalized spacial score (nSPS) is 12.9. The average Bonchev–Trinajstić information content (AvgIpc) is 2.84. The molecule has 2 rings (SSSR count). The minimum Gasteiger partial charge on any atom is -0.387 e. The summed E-state index contributed by atoms with van der Waals surface area (Å²) in [6.45, 7) is 1.96. The van der Waals surface area contributed by atoms with Crippen LogP contribution in [0.5, 0.6) is 0 Å². The largest absolute Gasteiger partial charge is 0.387 e. The van der Waals surface area contributed by atoms with Gasteiger partial charge in [0.2, 0.25) is 0 Å². The van der Waals surface area contributed by atoms with E-state index in [1.807, 2.05) is 18.4 Å². The molecule has 1 atom stereocenters. The second-order valence-electron chi connectivity index (χ2n) is 3.43. The molecule has 0 spiro atoms. The van der Waals surface area contributed by atoms with Gasteiger partial charge in [-0.2, -0.15) is 0 Å². The van der Waals surface area contributed by atoms with Gasteiger partial charge in [0.15, 0.2) is 0 Å². The van der Waals surface area contributed by atoms with E-state index >= 15 is 0 Å². The number of hydrogen-bond acceptors (Lipinski definition) is 4. The van der Waals surface area contributed by atoms with E-state index in [4.69, 9.17) is 0 Å². The molecule has 0 saturated heterocycles. The van der Waals surface area contributed by atoms with Gasteiger partial charge in [-0.1, -0.05) is 6.07 Å². The fraction of sp³-hybridized carbons (Fsp3) is 0.364. The lowest BCUT2D eigenvalue weighted by atomic mass is 10.1. The van der Waals surface area contributed by atoms with Crippen LogP contribution in [0.3, 0.4) is 0 Å². The van der Waals surface area contributed by atoms with Crippen molar-refractivity contribution < 1.29 is 5.11 Å². The predicted molar refractivity (Wildman–Crippen MR) is 64.5 cm³/mol. The van der Waals surface area contributed by atoms with Crippen molar-refractivity contribution in [1.82, 2.24) is 4.98 Å². The monoisotopic (exact) mass is 239 g/mol. The molecule has 0 saturated carbocycles. The molecule has 80 valence electrons. The standard InChI is InChI=1S/C11H13NOS2/c1-8-12-10(7-15-8)11(13)5-4-9-3-2-6-14-9/h2-3,6-7,11,13H,4-5H2,1H3. The maximum Gasteiger partial charge on any atom is 0.0971 e. The van der Waals surface area contributed by atoms with E-state index in [2.05, 4.69) is 16.4 Å². The van der Waals surface area contributed by atoms with Gasteiger partial charge in [-0.25, -0.2) is 4.98 Å². The third-order valence-electron chi connectivity index (χ3n) is 2.22. The van der Waals surface area contributed by atoms with Gasteiger partial charge in [0.25, 0.3) is 0 Å². The molecular weight excluding hydrogens is 226 g/mol. The van der Waals surface area contributed by atoms with E-state index in [-0.39, 0.29) is 0 Å². The quantitative estimate of drug-likeness (QED) is 0.889. The molecule has 0 aliphatic carbocycles. The zero-order valence-corrected chi connectivity index (χ0v) is 10.1. The summed E-state index contributed by atoms with van der Waals surface area (Å²) in [5, 5.41) is 14.9. The van der Waals surface area contributed by atoms with Gasteiger partial charge in [-0.15, -0.1) is 22.7 Å². The van der Waals surface area contributed by atoms with Crippen molar-refractivity contribution in [2.24, 2.45) is 0 Å². The van der Waals surface area contributed by atoms with E-state index in [1.165, 1.54) is 4.88 Å². The molecule has 0 radical (unpaired) electrons. The highest BCUT2D eigenvalue weighted by molar-refractivity contribution is 7.10. The summed E-state index contributed by atoms with van der Waals surface area (Å²) in [5.41, 5.74) is 0.814. The minimum atomic E-state index is -0.419. The fourth-order valence-electron chi connectivity index (χ4n) is 1.41. The Morgan fingerprint density at radius 2 is 2.33 bits per heavy atom. The maximum atomic E-state index is 9.88. The summed E-state index contributed by atoms with van der Waals surface area (Å²) in [5.74, 6) is 0. The molecule has 0 amide bonds. The summed E-state index contributed by atoms with van der Waals surface area (Å²) in [7, 11) is 0. The summed E-state index contributed by atoms with van der Waals surface area (Å²) in [6, 6.07) is 4.14. The van der Waals surface area contributed by atoms with Gasteiger partial charge in [-0.05, 0) is 31.2 Å². The van der Waals surface area contributed by atoms with Crippen LogP contribution in [0.4, 0.5) is 0 Å². The molecule has 4 heteroatoms. The molecule has 1 unspecified atom stereocenters. The van der Waals surface area contributed by atoms with Crippen molar-refractivity contribution in [3.8, 4) is 0 Å². The number of aliphatic hydroxyl groups is 1. The highest BCUT2D eigenvalue weighted by Gasteiger charge is 2.10. The SMILES string of the molecule is Cc1nc(C(O)CCc2cccs2)cs1. The van der Waals surface area contributed by atoms with Crippen LogP contribution in [0.1, 0.15) is 28.1 Å². The molecule has 1 N–H and O–H groups in total. The molecule has 2 heterocycles. The Morgan fingerprint density at radius 1 is 1.47 bits per heavy atom. The van der Waals surface area contributed by atoms with E-state index < -0.39 is 6.10 Å². The zero-order chi connectivity index (χ0) is 10.7. The molecule has 0 fully saturated rings. The Kier molecular flexibility index (Phi) is 3.51. The van der Waals surface area contributed by atoms with E-state index in [9.17, 15) is 5.11 Å². The molecule has 2 nitrogen and oxygen atoms in total. The van der Waals surface area contributed by atoms with Crippen molar-refractivity contribution in [1.29, 1.82) is 0 Å². The number of aromatic nitrogens is 1. The first-order valence-electron chi connectivity index (χ1n) is 4.88. The number of thiophene rings is 1. The minimum absolute atomic E-state index is 0.419. The van der Waals surface area contributed by atoms with Gasteiger partial charge < -0.3 is 5.11 Å². The van der Waals surface area contributed by atoms with Gasteiger partial charge in [0, 0.05) is 10.3 Å². The highest BCUT2D eigenvalue weighted by atomic mass is 32.1. The first-order valence-corrected chi connectivity index (χ1v) is 6.64. The third kappa shape index (κ3) is 2.87. The maximum absolute atomic E-state index is 9.88. The smallest absolute Gasteiger partial charge is 0.0971 e. The molecule has 2 aromatic rings. The summed E-state index contributed by atoms with van der Waals surface area (Å²) < 4.78 is 0. The first-order chi connectivity index (χ1) is 7.25. The number of nitrogens with zero attached hydrogens (tertiary/aromatic N) is 1. The number of hydrogen-bond donors (Lipinski definition) is 1. The van der Waals surface area contributed by atoms with Crippen molar-refractivity contribution in [3.05, 3.63) is 38.5 Å². The molecule has 15 heavy (non-hydrogen) atoms. The van der Waals surface area contributed by atoms with Gasteiger partial charge in [0.05, 0.1) is 16.8 Å². The fourth-order valence-corrected chi connectivity index (χ4v) is 2.80. The molecule has 0 aromatic carbocycles. The molecule has 0 aliphatic rings. The Hall–Kier alpha value is -0.710. The van der Waals surface area contributed by atoms with Gasteiger partial charge in [0.1, 0.15) is 0 Å². The first kappa shape index (κ1) is 10.8. The lowest BCUT2D eigenvalue weighted by molar-refractivity contribution is 0.164. The number of thiazole rings is 1. The van der Waals surface area contributed by atoms with Crippen LogP contribution in [0.25, 0.3) is 0 Å². The molecule has 0 bridgehead atoms. The Morgan fingerprint density at radius 3 is 2.93 bits per heavy atom. The second-order valence-corrected chi connectivity index (χ2v) is 5.52. The van der Waals surface area contributed by atoms with Gasteiger partial charge in [-0.3, -0.25) is 0 Å². The van der Waals surface area contributed by atoms with E-state index in [0.29, 0.717) is 0 Å². The van der Waals surface area contributed by atoms with Crippen LogP contribution in [-0.2, 0) is 6.42 Å². The summed E-state index contributed by atoms with van der Waals surface area (Å²) in [4.78, 5) is 5.60. The Bertz CT molecular complexity index is 408. The van der Waals surface area contributed by atoms with Crippen molar-refractivity contribution in [2.75, 3.05) is 0 Å². The van der Waals surface area contributed by atoms with Crippen LogP contribution in [0.2, 0.25) is 0 Å². The molecular formula is C11H13NOS2. The lowest BCUT2D eigenvalue weighted by Gasteiger charge is -2.05. The third-order valence-corrected chi connectivity index (χ3v) is 3.95. The Balaban J connectivity index is 1.90. The number of aliphatic hydroxyl groups excluding tert-OH is 1. The van der Waals surface area contributed by atoms with Crippen LogP contribution in [0.15, 0.2) is 22.9 Å². The van der Waals surface area contributed by atoms with E-state index in [1.54, 1.807) is 22.7 Å². The van der Waals surface area contributed by atoms with Crippen molar-refractivity contribution in [3.63, 3.8) is 0 Å². The second kappa shape index (κ2) is 4.88. The number of aryl methyl sites for hydroxylation is 2. The predicted octanol–water partition coefficient (Wildman–Crippen LogP) is 3.18. The van der Waals surface area contributed by atoms with Crippen LogP contribution < -0.4 is 0 Å². The Labute approximate surface area is 97.2 Å². The van der Waals surface area contributed by atoms with E-state index in [0.717, 1.165) is 23.5 Å². The topological polar surface area (TPSA) is 33.1 Å². The summed E-state index contributed by atoms with van der Waals surface area (Å²) in [6.07, 6.45) is 1.26. The van der Waals surface area contributed by atoms with Gasteiger partial charge >= 0.3 is 0 Å². The van der Waals surface area contributed by atoms with Crippen LogP contribution >= 0.6 is 22.7 Å². The van der Waals surface area contributed by atoms with Crippen LogP contribution in [0, 0.1) is 6.92 Å². The zero-order valence-electron chi connectivity index (χ0n) is 8.51. The summed E-state index contributed by atoms with van der Waals surface area (Å²) >= 11 is 3.32.